The average Bonchev–Trinajstić information content (AvgIpc) is 3.26. The number of furan rings is 1. The van der Waals surface area contributed by atoms with Crippen molar-refractivity contribution in [1.82, 2.24) is 5.32 Å². The van der Waals surface area contributed by atoms with Crippen molar-refractivity contribution in [3.05, 3.63) is 77.6 Å². The van der Waals surface area contributed by atoms with Crippen LogP contribution >= 0.6 is 0 Å². The number of carbonyl (C=O) groups is 2. The Morgan fingerprint density at radius 1 is 1.03 bits per heavy atom. The lowest BCUT2D eigenvalue weighted by Gasteiger charge is -2.09. The van der Waals surface area contributed by atoms with Crippen LogP contribution in [0.3, 0.4) is 0 Å². The Morgan fingerprint density at radius 3 is 2.55 bits per heavy atom. The standard InChI is InChI=1S/C22H18F3NO5/c1-29-17-8-3-2-5-15(17)12-26-20(27)13-30-21(28)19-10-9-18(31-19)14-6-4-7-16(11-14)22(23,24)25/h2-11H,12-13H2,1H3,(H,26,27). The number of methoxy groups -OCH3 is 1. The molecule has 0 spiro atoms. The molecule has 0 aliphatic rings. The van der Waals surface area contributed by atoms with Crippen molar-refractivity contribution in [3.63, 3.8) is 0 Å². The third-order valence-corrected chi connectivity index (χ3v) is 4.28. The van der Waals surface area contributed by atoms with E-state index in [9.17, 15) is 22.8 Å². The number of para-hydroxylation sites is 1. The first-order valence-corrected chi connectivity index (χ1v) is 9.11. The number of halogens is 3. The molecule has 1 N–H and O–H groups in total. The van der Waals surface area contributed by atoms with Crippen molar-refractivity contribution >= 4 is 11.9 Å². The molecule has 0 saturated heterocycles. The van der Waals surface area contributed by atoms with Crippen LogP contribution in [0, 0.1) is 0 Å². The lowest BCUT2D eigenvalue weighted by Crippen LogP contribution is -2.28. The van der Waals surface area contributed by atoms with E-state index in [0.717, 1.165) is 17.7 Å². The summed E-state index contributed by atoms with van der Waals surface area (Å²) in [5, 5.41) is 2.60. The Hall–Kier alpha value is -3.75. The molecule has 0 aliphatic carbocycles. The number of nitrogens with one attached hydrogen (secondary N) is 1. The highest BCUT2D eigenvalue weighted by Gasteiger charge is 2.30. The van der Waals surface area contributed by atoms with Gasteiger partial charge in [0.1, 0.15) is 11.5 Å². The monoisotopic (exact) mass is 433 g/mol. The summed E-state index contributed by atoms with van der Waals surface area (Å²) in [6, 6.07) is 14.3. The largest absolute Gasteiger partial charge is 0.496 e. The molecule has 9 heteroatoms. The number of rotatable bonds is 7. The van der Waals surface area contributed by atoms with Crippen LogP contribution in [0.5, 0.6) is 5.75 Å². The quantitative estimate of drug-likeness (QED) is 0.557. The van der Waals surface area contributed by atoms with Gasteiger partial charge >= 0.3 is 12.1 Å². The van der Waals surface area contributed by atoms with Crippen molar-refractivity contribution in [2.24, 2.45) is 0 Å². The minimum atomic E-state index is -4.50. The SMILES string of the molecule is COc1ccccc1CNC(=O)COC(=O)c1ccc(-c2cccc(C(F)(F)F)c2)o1. The summed E-state index contributed by atoms with van der Waals surface area (Å²) in [6.07, 6.45) is -4.50. The van der Waals surface area contributed by atoms with Crippen LogP contribution in [0.4, 0.5) is 13.2 Å². The molecule has 3 aromatic rings. The number of ether oxygens (including phenoxy) is 2. The molecule has 0 bridgehead atoms. The van der Waals surface area contributed by atoms with Gasteiger partial charge in [-0.3, -0.25) is 4.79 Å². The van der Waals surface area contributed by atoms with E-state index in [1.807, 2.05) is 0 Å². The van der Waals surface area contributed by atoms with Gasteiger partial charge in [-0.1, -0.05) is 30.3 Å². The summed E-state index contributed by atoms with van der Waals surface area (Å²) in [7, 11) is 1.51. The fourth-order valence-corrected chi connectivity index (χ4v) is 2.75. The maximum atomic E-state index is 12.9. The van der Waals surface area contributed by atoms with Crippen LogP contribution in [-0.4, -0.2) is 25.6 Å². The minimum Gasteiger partial charge on any atom is -0.496 e. The zero-order valence-corrected chi connectivity index (χ0v) is 16.4. The smallest absolute Gasteiger partial charge is 0.416 e. The van der Waals surface area contributed by atoms with E-state index in [-0.39, 0.29) is 23.6 Å². The summed E-state index contributed by atoms with van der Waals surface area (Å²) in [5.74, 6) is -1.00. The molecule has 0 fully saturated rings. The first kappa shape index (κ1) is 21.9. The van der Waals surface area contributed by atoms with Crippen LogP contribution in [0.15, 0.2) is 65.1 Å². The summed E-state index contributed by atoms with van der Waals surface area (Å²) >= 11 is 0. The molecule has 162 valence electrons. The average molecular weight is 433 g/mol. The van der Waals surface area contributed by atoms with Crippen LogP contribution in [0.1, 0.15) is 21.7 Å². The molecule has 0 atom stereocenters. The normalized spacial score (nSPS) is 11.1. The summed E-state index contributed by atoms with van der Waals surface area (Å²) < 4.78 is 54.0. The molecule has 1 amide bonds. The number of esters is 1. The molecular weight excluding hydrogens is 415 g/mol. The first-order chi connectivity index (χ1) is 14.8. The van der Waals surface area contributed by atoms with Crippen molar-refractivity contribution in [3.8, 4) is 17.1 Å². The predicted octanol–water partition coefficient (Wildman–Crippen LogP) is 4.45. The molecule has 3 rings (SSSR count). The van der Waals surface area contributed by atoms with E-state index in [2.05, 4.69) is 5.32 Å². The highest BCUT2D eigenvalue weighted by molar-refractivity contribution is 5.89. The molecular formula is C22H18F3NO5. The Morgan fingerprint density at radius 2 is 1.81 bits per heavy atom. The van der Waals surface area contributed by atoms with Gasteiger partial charge in [-0.2, -0.15) is 13.2 Å². The molecule has 1 aromatic heterocycles. The lowest BCUT2D eigenvalue weighted by atomic mass is 10.1. The number of benzene rings is 2. The van der Waals surface area contributed by atoms with Gasteiger partial charge in [-0.15, -0.1) is 0 Å². The molecule has 6 nitrogen and oxygen atoms in total. The second-order valence-electron chi connectivity index (χ2n) is 6.41. The molecule has 0 aliphatic heterocycles. The Labute approximate surface area is 175 Å². The van der Waals surface area contributed by atoms with Gasteiger partial charge in [0.25, 0.3) is 5.91 Å². The van der Waals surface area contributed by atoms with Gasteiger partial charge in [0.2, 0.25) is 5.76 Å². The van der Waals surface area contributed by atoms with E-state index in [1.165, 1.54) is 31.4 Å². The molecule has 1 heterocycles. The lowest BCUT2D eigenvalue weighted by molar-refractivity contribution is -0.137. The highest BCUT2D eigenvalue weighted by atomic mass is 19.4. The highest BCUT2D eigenvalue weighted by Crippen LogP contribution is 2.32. The molecule has 0 saturated carbocycles. The number of hydrogen-bond acceptors (Lipinski definition) is 5. The zero-order valence-electron chi connectivity index (χ0n) is 16.4. The fraction of sp³-hybridized carbons (Fsp3) is 0.182. The fourth-order valence-electron chi connectivity index (χ4n) is 2.75. The van der Waals surface area contributed by atoms with Gasteiger partial charge in [0.15, 0.2) is 6.61 Å². The second-order valence-corrected chi connectivity index (χ2v) is 6.41. The Balaban J connectivity index is 1.56. The summed E-state index contributed by atoms with van der Waals surface area (Å²) in [5.41, 5.74) is 0.0714. The van der Waals surface area contributed by atoms with Gasteiger partial charge in [-0.05, 0) is 30.3 Å². The van der Waals surface area contributed by atoms with Crippen LogP contribution in [0.2, 0.25) is 0 Å². The third-order valence-electron chi connectivity index (χ3n) is 4.28. The van der Waals surface area contributed by atoms with Crippen molar-refractivity contribution in [1.29, 1.82) is 0 Å². The predicted molar refractivity (Wildman–Crippen MR) is 104 cm³/mol. The second kappa shape index (κ2) is 9.38. The van der Waals surface area contributed by atoms with Gasteiger partial charge in [0.05, 0.1) is 12.7 Å². The van der Waals surface area contributed by atoms with Gasteiger partial charge in [-0.25, -0.2) is 4.79 Å². The van der Waals surface area contributed by atoms with Crippen molar-refractivity contribution < 1.29 is 36.7 Å². The van der Waals surface area contributed by atoms with E-state index in [0.29, 0.717) is 5.75 Å². The Bertz CT molecular complexity index is 1070. The maximum Gasteiger partial charge on any atom is 0.416 e. The molecule has 0 unspecified atom stereocenters. The van der Waals surface area contributed by atoms with E-state index in [1.54, 1.807) is 24.3 Å². The van der Waals surface area contributed by atoms with Crippen molar-refractivity contribution in [2.45, 2.75) is 12.7 Å². The van der Waals surface area contributed by atoms with E-state index in [4.69, 9.17) is 13.9 Å². The summed E-state index contributed by atoms with van der Waals surface area (Å²) in [6.45, 7) is -0.367. The topological polar surface area (TPSA) is 77.8 Å². The zero-order chi connectivity index (χ0) is 22.4. The van der Waals surface area contributed by atoms with Crippen LogP contribution in [-0.2, 0) is 22.3 Å². The molecule has 31 heavy (non-hydrogen) atoms. The minimum absolute atomic E-state index is 0.0682. The summed E-state index contributed by atoms with van der Waals surface area (Å²) in [4.78, 5) is 24.0. The number of amides is 1. The van der Waals surface area contributed by atoms with Gasteiger partial charge < -0.3 is 19.2 Å². The number of hydrogen-bond donors (Lipinski definition) is 1. The van der Waals surface area contributed by atoms with Gasteiger partial charge in [0, 0.05) is 17.7 Å². The van der Waals surface area contributed by atoms with Crippen LogP contribution < -0.4 is 10.1 Å². The number of carbonyl (C=O) groups excluding carboxylic acids is 2. The van der Waals surface area contributed by atoms with Crippen LogP contribution in [0.25, 0.3) is 11.3 Å². The van der Waals surface area contributed by atoms with E-state index < -0.39 is 30.2 Å². The first-order valence-electron chi connectivity index (χ1n) is 9.11. The third kappa shape index (κ3) is 5.65. The number of alkyl halides is 3. The van der Waals surface area contributed by atoms with E-state index >= 15 is 0 Å². The van der Waals surface area contributed by atoms with Crippen molar-refractivity contribution in [2.75, 3.05) is 13.7 Å². The Kier molecular flexibility index (Phi) is 6.64. The maximum absolute atomic E-state index is 12.9. The molecule has 2 aromatic carbocycles. The molecule has 0 radical (unpaired) electrons.